The van der Waals surface area contributed by atoms with E-state index in [4.69, 9.17) is 16.1 Å². The Labute approximate surface area is 175 Å². The van der Waals surface area contributed by atoms with E-state index in [-0.39, 0.29) is 28.3 Å². The molecule has 0 aliphatic carbocycles. The lowest BCUT2D eigenvalue weighted by atomic mass is 10.0. The minimum absolute atomic E-state index is 0.0334. The number of ether oxygens (including phenoxy) is 2. The van der Waals surface area contributed by atoms with E-state index >= 15 is 0 Å². The van der Waals surface area contributed by atoms with Gasteiger partial charge in [0.15, 0.2) is 11.5 Å². The van der Waals surface area contributed by atoms with Crippen molar-refractivity contribution in [2.45, 2.75) is 33.0 Å². The monoisotopic (exact) mass is 434 g/mol. The van der Waals surface area contributed by atoms with E-state index in [0.29, 0.717) is 33.8 Å². The number of nitrogens with one attached hydrogen (secondary N) is 1. The second-order valence-electron chi connectivity index (χ2n) is 7.13. The van der Waals surface area contributed by atoms with Gasteiger partial charge in [-0.3, -0.25) is 4.79 Å². The molecule has 0 saturated heterocycles. The Hall–Kier alpha value is -3.13. The molecule has 1 aromatic heterocycles. The van der Waals surface area contributed by atoms with E-state index in [9.17, 15) is 13.6 Å². The summed E-state index contributed by atoms with van der Waals surface area (Å²) in [5.74, 6) is -0.0694. The highest BCUT2D eigenvalue weighted by Crippen LogP contribution is 2.46. The number of fused-ring (bicyclic) bond motifs is 1. The van der Waals surface area contributed by atoms with Gasteiger partial charge in [-0.15, -0.1) is 8.78 Å². The van der Waals surface area contributed by atoms with Crippen LogP contribution >= 0.6 is 11.6 Å². The normalized spacial score (nSPS) is 14.2. The average Bonchev–Trinajstić information content (AvgIpc) is 3.19. The van der Waals surface area contributed by atoms with Gasteiger partial charge in [0.2, 0.25) is 0 Å². The lowest BCUT2D eigenvalue weighted by molar-refractivity contribution is -0.286. The number of aromatic nitrogens is 1. The summed E-state index contributed by atoms with van der Waals surface area (Å²) in [4.78, 5) is 12.7. The third-order valence-corrected chi connectivity index (χ3v) is 4.92. The Morgan fingerprint density at radius 1 is 1.13 bits per heavy atom. The summed E-state index contributed by atoms with van der Waals surface area (Å²) in [6, 6.07) is 9.45. The van der Waals surface area contributed by atoms with Gasteiger partial charge in [0.05, 0.1) is 10.7 Å². The number of hydrogen-bond acceptors (Lipinski definition) is 5. The number of anilines is 1. The largest absolute Gasteiger partial charge is 0.586 e. The highest BCUT2D eigenvalue weighted by molar-refractivity contribution is 6.33. The summed E-state index contributed by atoms with van der Waals surface area (Å²) in [6.45, 7) is 5.53. The van der Waals surface area contributed by atoms with Crippen LogP contribution in [0.5, 0.6) is 11.5 Å². The molecule has 1 aliphatic rings. The molecule has 30 heavy (non-hydrogen) atoms. The van der Waals surface area contributed by atoms with E-state index in [1.807, 2.05) is 13.8 Å². The first kappa shape index (κ1) is 20.2. The molecule has 9 heteroatoms. The van der Waals surface area contributed by atoms with Crippen molar-refractivity contribution in [1.29, 1.82) is 0 Å². The van der Waals surface area contributed by atoms with Gasteiger partial charge in [-0.25, -0.2) is 0 Å². The molecule has 2 aromatic carbocycles. The zero-order valence-electron chi connectivity index (χ0n) is 16.3. The van der Waals surface area contributed by atoms with Gasteiger partial charge in [0.25, 0.3) is 5.91 Å². The first-order valence-corrected chi connectivity index (χ1v) is 9.50. The molecule has 0 unspecified atom stereocenters. The van der Waals surface area contributed by atoms with Crippen molar-refractivity contribution in [2.75, 3.05) is 5.32 Å². The van der Waals surface area contributed by atoms with Gasteiger partial charge in [-0.05, 0) is 36.6 Å². The molecular formula is C21H17ClF2N2O4. The van der Waals surface area contributed by atoms with Crippen molar-refractivity contribution in [2.24, 2.45) is 0 Å². The molecule has 4 rings (SSSR count). The molecule has 2 heterocycles. The van der Waals surface area contributed by atoms with Crippen LogP contribution in [0.25, 0.3) is 11.1 Å². The van der Waals surface area contributed by atoms with Gasteiger partial charge >= 0.3 is 6.29 Å². The minimum Gasteiger partial charge on any atom is -0.395 e. The Balaban J connectivity index is 1.56. The molecule has 1 amide bonds. The Bertz CT molecular complexity index is 1130. The van der Waals surface area contributed by atoms with Gasteiger partial charge in [-0.1, -0.05) is 42.7 Å². The van der Waals surface area contributed by atoms with E-state index in [1.54, 1.807) is 31.2 Å². The molecule has 156 valence electrons. The second kappa shape index (κ2) is 7.28. The number of benzene rings is 2. The van der Waals surface area contributed by atoms with Crippen LogP contribution in [-0.4, -0.2) is 17.4 Å². The summed E-state index contributed by atoms with van der Waals surface area (Å²) in [7, 11) is 0. The predicted molar refractivity (Wildman–Crippen MR) is 106 cm³/mol. The standard InChI is InChI=1S/C21H17ClF2N2O4/c1-10(2)19-18(11(3)30-26-19)20(27)25-13-6-4-12(5-7-13)14-8-16-17(9-15(14)22)29-21(23,24)28-16/h4-10H,1-3H3,(H,25,27). The highest BCUT2D eigenvalue weighted by Gasteiger charge is 2.43. The maximum Gasteiger partial charge on any atom is 0.586 e. The number of carbonyl (C=O) groups excluding carboxylic acids is 1. The summed E-state index contributed by atoms with van der Waals surface area (Å²) in [5, 5.41) is 6.99. The van der Waals surface area contributed by atoms with Crippen LogP contribution in [0.3, 0.4) is 0 Å². The first-order chi connectivity index (χ1) is 14.1. The molecule has 3 aromatic rings. The average molecular weight is 435 g/mol. The van der Waals surface area contributed by atoms with E-state index in [2.05, 4.69) is 19.9 Å². The van der Waals surface area contributed by atoms with Crippen molar-refractivity contribution in [3.63, 3.8) is 0 Å². The molecule has 0 spiro atoms. The van der Waals surface area contributed by atoms with Crippen LogP contribution in [0.4, 0.5) is 14.5 Å². The number of amides is 1. The highest BCUT2D eigenvalue weighted by atomic mass is 35.5. The number of nitrogens with zero attached hydrogens (tertiary/aromatic N) is 1. The fourth-order valence-corrected chi connectivity index (χ4v) is 3.44. The van der Waals surface area contributed by atoms with Crippen molar-refractivity contribution in [3.05, 3.63) is 58.4 Å². The van der Waals surface area contributed by atoms with Crippen LogP contribution in [0.15, 0.2) is 40.9 Å². The van der Waals surface area contributed by atoms with Gasteiger partial charge in [0, 0.05) is 17.3 Å². The van der Waals surface area contributed by atoms with Crippen molar-refractivity contribution < 1.29 is 27.6 Å². The zero-order chi connectivity index (χ0) is 21.6. The molecule has 0 radical (unpaired) electrons. The van der Waals surface area contributed by atoms with Crippen LogP contribution < -0.4 is 14.8 Å². The van der Waals surface area contributed by atoms with Crippen molar-refractivity contribution >= 4 is 23.2 Å². The lowest BCUT2D eigenvalue weighted by Crippen LogP contribution is -2.25. The van der Waals surface area contributed by atoms with Gasteiger partial charge in [-0.2, -0.15) is 0 Å². The maximum absolute atomic E-state index is 13.3. The maximum atomic E-state index is 13.3. The molecule has 1 N–H and O–H groups in total. The van der Waals surface area contributed by atoms with Gasteiger partial charge < -0.3 is 19.3 Å². The number of carbonyl (C=O) groups is 1. The third-order valence-electron chi connectivity index (χ3n) is 4.61. The number of alkyl halides is 2. The predicted octanol–water partition coefficient (Wildman–Crippen LogP) is 6.00. The number of rotatable bonds is 4. The fraction of sp³-hybridized carbons (Fsp3) is 0.238. The summed E-state index contributed by atoms with van der Waals surface area (Å²) < 4.78 is 40.6. The summed E-state index contributed by atoms with van der Waals surface area (Å²) in [5.41, 5.74) is 2.69. The first-order valence-electron chi connectivity index (χ1n) is 9.12. The number of halogens is 3. The molecule has 0 fully saturated rings. The second-order valence-corrected chi connectivity index (χ2v) is 7.54. The molecular weight excluding hydrogens is 418 g/mol. The van der Waals surface area contributed by atoms with Gasteiger partial charge in [0.1, 0.15) is 11.3 Å². The zero-order valence-corrected chi connectivity index (χ0v) is 17.0. The Morgan fingerprint density at radius 3 is 2.40 bits per heavy atom. The topological polar surface area (TPSA) is 73.6 Å². The lowest BCUT2D eigenvalue weighted by Gasteiger charge is -2.09. The van der Waals surface area contributed by atoms with Crippen LogP contribution in [0, 0.1) is 6.92 Å². The van der Waals surface area contributed by atoms with E-state index in [1.165, 1.54) is 12.1 Å². The van der Waals surface area contributed by atoms with Crippen LogP contribution in [0.2, 0.25) is 5.02 Å². The van der Waals surface area contributed by atoms with E-state index < -0.39 is 6.29 Å². The molecule has 6 nitrogen and oxygen atoms in total. The number of hydrogen-bond donors (Lipinski definition) is 1. The van der Waals surface area contributed by atoms with Crippen LogP contribution in [-0.2, 0) is 0 Å². The SMILES string of the molecule is Cc1onc(C(C)C)c1C(=O)Nc1ccc(-c2cc3c(cc2Cl)OC(F)(F)O3)cc1. The Kier molecular flexibility index (Phi) is 4.89. The smallest absolute Gasteiger partial charge is 0.395 e. The minimum atomic E-state index is -3.71. The summed E-state index contributed by atoms with van der Waals surface area (Å²) in [6.07, 6.45) is -3.71. The molecule has 0 saturated carbocycles. The van der Waals surface area contributed by atoms with Crippen molar-refractivity contribution in [3.8, 4) is 22.6 Å². The summed E-state index contributed by atoms with van der Waals surface area (Å²) >= 11 is 6.22. The third kappa shape index (κ3) is 3.70. The molecule has 0 atom stereocenters. The quantitative estimate of drug-likeness (QED) is 0.545. The molecule has 1 aliphatic heterocycles. The molecule has 0 bridgehead atoms. The van der Waals surface area contributed by atoms with Crippen LogP contribution in [0.1, 0.15) is 41.6 Å². The Morgan fingerprint density at radius 2 is 1.77 bits per heavy atom. The number of aryl methyl sites for hydroxylation is 1. The van der Waals surface area contributed by atoms with E-state index in [0.717, 1.165) is 0 Å². The van der Waals surface area contributed by atoms with Crippen molar-refractivity contribution in [1.82, 2.24) is 5.16 Å². The fourth-order valence-electron chi connectivity index (χ4n) is 3.18.